The maximum absolute atomic E-state index is 12.4. The van der Waals surface area contributed by atoms with E-state index in [2.05, 4.69) is 10.0 Å². The van der Waals surface area contributed by atoms with Crippen molar-refractivity contribution in [1.29, 1.82) is 0 Å². The first-order chi connectivity index (χ1) is 15.0. The number of aryl methyl sites for hydroxylation is 1. The molecule has 32 heavy (non-hydrogen) atoms. The van der Waals surface area contributed by atoms with Crippen molar-refractivity contribution >= 4 is 39.4 Å². The Morgan fingerprint density at radius 1 is 1.03 bits per heavy atom. The number of esters is 1. The van der Waals surface area contributed by atoms with Crippen LogP contribution in [0.25, 0.3) is 0 Å². The molecule has 0 saturated carbocycles. The molecule has 1 aliphatic rings. The van der Waals surface area contributed by atoms with E-state index < -0.39 is 40.3 Å². The number of benzene rings is 2. The predicted molar refractivity (Wildman–Crippen MR) is 114 cm³/mol. The van der Waals surface area contributed by atoms with Crippen LogP contribution in [-0.2, 0) is 19.6 Å². The Labute approximate surface area is 184 Å². The Hall–Kier alpha value is -3.57. The van der Waals surface area contributed by atoms with Crippen molar-refractivity contribution in [2.75, 3.05) is 25.5 Å². The number of carbonyl (C=O) groups excluding carboxylic acids is 4. The van der Waals surface area contributed by atoms with Crippen molar-refractivity contribution in [1.82, 2.24) is 9.62 Å². The van der Waals surface area contributed by atoms with Crippen molar-refractivity contribution in [2.45, 2.75) is 18.7 Å². The summed E-state index contributed by atoms with van der Waals surface area (Å²) in [6, 6.07) is 8.29. The molecule has 168 valence electrons. The molecule has 2 N–H and O–H groups in total. The van der Waals surface area contributed by atoms with Crippen LogP contribution < -0.4 is 10.0 Å². The zero-order valence-corrected chi connectivity index (χ0v) is 18.4. The summed E-state index contributed by atoms with van der Waals surface area (Å²) in [4.78, 5) is 49.5. The van der Waals surface area contributed by atoms with Gasteiger partial charge in [0.2, 0.25) is 10.0 Å². The highest BCUT2D eigenvalue weighted by molar-refractivity contribution is 7.89. The first-order valence-corrected chi connectivity index (χ1v) is 11.1. The average Bonchev–Trinajstić information content (AvgIpc) is 2.96. The molecule has 0 atom stereocenters. The molecule has 3 amide bonds. The van der Waals surface area contributed by atoms with Crippen molar-refractivity contribution in [3.63, 3.8) is 0 Å². The lowest BCUT2D eigenvalue weighted by atomic mass is 10.1. The zero-order valence-electron chi connectivity index (χ0n) is 17.6. The maximum atomic E-state index is 12.4. The Balaban J connectivity index is 1.67. The van der Waals surface area contributed by atoms with Crippen LogP contribution >= 0.6 is 0 Å². The van der Waals surface area contributed by atoms with Crippen LogP contribution in [0.15, 0.2) is 41.3 Å². The van der Waals surface area contributed by atoms with Gasteiger partial charge in [-0.3, -0.25) is 19.3 Å². The summed E-state index contributed by atoms with van der Waals surface area (Å²) < 4.78 is 31.7. The molecule has 0 aromatic heterocycles. The fraction of sp³-hybridized carbons (Fsp3) is 0.238. The van der Waals surface area contributed by atoms with E-state index >= 15 is 0 Å². The topological polar surface area (TPSA) is 139 Å². The number of nitrogens with one attached hydrogen (secondary N) is 2. The van der Waals surface area contributed by atoms with E-state index in [1.165, 1.54) is 43.4 Å². The van der Waals surface area contributed by atoms with Gasteiger partial charge >= 0.3 is 5.97 Å². The Bertz CT molecular complexity index is 1240. The lowest BCUT2D eigenvalue weighted by Crippen LogP contribution is -2.24. The number of hydrogen-bond donors (Lipinski definition) is 2. The predicted octanol–water partition coefficient (Wildman–Crippen LogP) is 1.31. The second-order valence-corrected chi connectivity index (χ2v) is 8.80. The molecule has 2 aromatic rings. The lowest BCUT2D eigenvalue weighted by molar-refractivity contribution is -0.119. The smallest absolute Gasteiger partial charge is 0.338 e. The van der Waals surface area contributed by atoms with Crippen molar-refractivity contribution in [2.24, 2.45) is 0 Å². The minimum absolute atomic E-state index is 0.0152. The van der Waals surface area contributed by atoms with Crippen molar-refractivity contribution in [3.05, 3.63) is 58.7 Å². The third-order valence-corrected chi connectivity index (χ3v) is 6.32. The Kier molecular flexibility index (Phi) is 6.42. The first-order valence-electron chi connectivity index (χ1n) is 9.59. The summed E-state index contributed by atoms with van der Waals surface area (Å²) in [6.07, 6.45) is 0. The molecule has 3 rings (SSSR count). The van der Waals surface area contributed by atoms with Gasteiger partial charge in [-0.25, -0.2) is 17.9 Å². The highest BCUT2D eigenvalue weighted by Crippen LogP contribution is 2.24. The summed E-state index contributed by atoms with van der Waals surface area (Å²) in [7, 11) is -2.40. The number of imide groups is 1. The summed E-state index contributed by atoms with van der Waals surface area (Å²) >= 11 is 0. The van der Waals surface area contributed by atoms with E-state index in [-0.39, 0.29) is 33.8 Å². The van der Waals surface area contributed by atoms with E-state index in [0.717, 1.165) is 4.90 Å². The highest BCUT2D eigenvalue weighted by atomic mass is 32.2. The van der Waals surface area contributed by atoms with Gasteiger partial charge in [-0.1, -0.05) is 13.0 Å². The number of fused-ring (bicyclic) bond motifs is 1. The third-order valence-electron chi connectivity index (χ3n) is 4.78. The summed E-state index contributed by atoms with van der Waals surface area (Å²) in [5.74, 6) is -2.43. The number of hydrogen-bond acceptors (Lipinski definition) is 7. The van der Waals surface area contributed by atoms with Gasteiger partial charge in [0.25, 0.3) is 17.7 Å². The van der Waals surface area contributed by atoms with Gasteiger partial charge < -0.3 is 10.1 Å². The monoisotopic (exact) mass is 459 g/mol. The van der Waals surface area contributed by atoms with Crippen LogP contribution in [0.1, 0.15) is 43.6 Å². The summed E-state index contributed by atoms with van der Waals surface area (Å²) in [6.45, 7) is 2.80. The second kappa shape index (κ2) is 8.89. The van der Waals surface area contributed by atoms with Crippen LogP contribution in [0, 0.1) is 6.92 Å². The molecule has 0 bridgehead atoms. The van der Waals surface area contributed by atoms with E-state index in [4.69, 9.17) is 4.74 Å². The number of sulfonamides is 1. The fourth-order valence-corrected chi connectivity index (χ4v) is 4.17. The van der Waals surface area contributed by atoms with E-state index in [0.29, 0.717) is 5.56 Å². The van der Waals surface area contributed by atoms with Gasteiger partial charge in [0.15, 0.2) is 6.61 Å². The average molecular weight is 459 g/mol. The Morgan fingerprint density at radius 2 is 1.72 bits per heavy atom. The van der Waals surface area contributed by atoms with Gasteiger partial charge in [0.05, 0.1) is 21.6 Å². The minimum Gasteiger partial charge on any atom is -0.452 e. The van der Waals surface area contributed by atoms with Gasteiger partial charge in [0.1, 0.15) is 0 Å². The molecule has 2 aromatic carbocycles. The van der Waals surface area contributed by atoms with Crippen LogP contribution in [0.3, 0.4) is 0 Å². The van der Waals surface area contributed by atoms with Gasteiger partial charge in [-0.05, 0) is 42.8 Å². The molecule has 11 heteroatoms. The quantitative estimate of drug-likeness (QED) is 0.470. The van der Waals surface area contributed by atoms with Crippen LogP contribution in [0.2, 0.25) is 0 Å². The van der Waals surface area contributed by atoms with E-state index in [9.17, 15) is 27.6 Å². The van der Waals surface area contributed by atoms with Crippen LogP contribution in [0.5, 0.6) is 0 Å². The van der Waals surface area contributed by atoms with E-state index in [1.54, 1.807) is 13.8 Å². The zero-order chi connectivity index (χ0) is 23.6. The van der Waals surface area contributed by atoms with Crippen molar-refractivity contribution < 1.29 is 32.3 Å². The lowest BCUT2D eigenvalue weighted by Gasteiger charge is -2.10. The number of amides is 3. The van der Waals surface area contributed by atoms with Crippen LogP contribution in [0.4, 0.5) is 5.69 Å². The standard InChI is InChI=1S/C21H21N3O7S/c1-4-22-32(29,30)14-7-5-12(2)16(10-14)21(28)31-11-18(25)23-13-6-8-15-17(9-13)20(27)24(3)19(15)26/h5-10,22H,4,11H2,1-3H3,(H,23,25). The molecule has 0 unspecified atom stereocenters. The second-order valence-electron chi connectivity index (χ2n) is 7.03. The largest absolute Gasteiger partial charge is 0.452 e. The van der Waals surface area contributed by atoms with E-state index in [1.807, 2.05) is 0 Å². The Morgan fingerprint density at radius 3 is 2.41 bits per heavy atom. The van der Waals surface area contributed by atoms with Gasteiger partial charge in [0, 0.05) is 19.3 Å². The summed E-state index contributed by atoms with van der Waals surface area (Å²) in [5, 5.41) is 2.49. The molecular formula is C21H21N3O7S. The molecule has 0 radical (unpaired) electrons. The molecule has 0 aliphatic carbocycles. The van der Waals surface area contributed by atoms with Crippen molar-refractivity contribution in [3.8, 4) is 0 Å². The molecular weight excluding hydrogens is 438 g/mol. The first kappa shape index (κ1) is 23.1. The number of rotatable bonds is 7. The molecule has 0 spiro atoms. The number of anilines is 1. The van der Waals surface area contributed by atoms with Gasteiger partial charge in [-0.15, -0.1) is 0 Å². The highest BCUT2D eigenvalue weighted by Gasteiger charge is 2.32. The number of carbonyl (C=O) groups is 4. The number of ether oxygens (including phenoxy) is 1. The molecule has 1 aliphatic heterocycles. The molecule has 10 nitrogen and oxygen atoms in total. The molecule has 1 heterocycles. The minimum atomic E-state index is -3.76. The number of nitrogens with zero attached hydrogens (tertiary/aromatic N) is 1. The molecule has 0 fully saturated rings. The molecule has 0 saturated heterocycles. The maximum Gasteiger partial charge on any atom is 0.338 e. The summed E-state index contributed by atoms with van der Waals surface area (Å²) in [5.41, 5.74) is 1.17. The SMILES string of the molecule is CCNS(=O)(=O)c1ccc(C)c(C(=O)OCC(=O)Nc2ccc3c(c2)C(=O)N(C)C3=O)c1. The van der Waals surface area contributed by atoms with Crippen LogP contribution in [-0.4, -0.2) is 57.2 Å². The fourth-order valence-electron chi connectivity index (χ4n) is 3.11. The van der Waals surface area contributed by atoms with Gasteiger partial charge in [-0.2, -0.15) is 0 Å². The third kappa shape index (κ3) is 4.53. The normalized spacial score (nSPS) is 13.2.